The second-order valence-electron chi connectivity index (χ2n) is 2.87. The maximum Gasteiger partial charge on any atom is 0.149 e. The van der Waals surface area contributed by atoms with Gasteiger partial charge in [-0.3, -0.25) is 4.98 Å². The Morgan fingerprint density at radius 3 is 2.57 bits per heavy atom. The maximum absolute atomic E-state index is 13.3. The van der Waals surface area contributed by atoms with Crippen molar-refractivity contribution in [3.63, 3.8) is 0 Å². The van der Waals surface area contributed by atoms with Gasteiger partial charge in [0.25, 0.3) is 0 Å². The smallest absolute Gasteiger partial charge is 0.149 e. The molecule has 70 valence electrons. The van der Waals surface area contributed by atoms with Crippen LogP contribution in [-0.2, 0) is 0 Å². The molecule has 0 aliphatic carbocycles. The Labute approximate surface area is 80.7 Å². The van der Waals surface area contributed by atoms with E-state index in [9.17, 15) is 9.50 Å². The molecule has 14 heavy (non-hydrogen) atoms. The monoisotopic (exact) mass is 189 g/mol. The summed E-state index contributed by atoms with van der Waals surface area (Å²) in [4.78, 5) is 3.64. The number of para-hydroxylation sites is 1. The zero-order valence-electron chi connectivity index (χ0n) is 7.31. The van der Waals surface area contributed by atoms with Crippen LogP contribution in [0.1, 0.15) is 0 Å². The molecule has 0 saturated heterocycles. The lowest BCUT2D eigenvalue weighted by Gasteiger charge is -2.04. The van der Waals surface area contributed by atoms with E-state index < -0.39 is 5.82 Å². The molecule has 0 aliphatic rings. The van der Waals surface area contributed by atoms with Gasteiger partial charge in [-0.05, 0) is 12.1 Å². The Morgan fingerprint density at radius 2 is 1.86 bits per heavy atom. The fourth-order valence-corrected chi connectivity index (χ4v) is 1.30. The summed E-state index contributed by atoms with van der Waals surface area (Å²) in [6.45, 7) is 0. The first-order valence-electron chi connectivity index (χ1n) is 4.17. The maximum atomic E-state index is 13.3. The molecule has 2 nitrogen and oxygen atoms in total. The van der Waals surface area contributed by atoms with Crippen molar-refractivity contribution < 1.29 is 9.50 Å². The van der Waals surface area contributed by atoms with Gasteiger partial charge in [0.15, 0.2) is 0 Å². The number of hydrogen-bond donors (Lipinski definition) is 1. The van der Waals surface area contributed by atoms with Crippen molar-refractivity contribution in [1.82, 2.24) is 4.98 Å². The van der Waals surface area contributed by atoms with Crippen molar-refractivity contribution in [3.8, 4) is 16.9 Å². The van der Waals surface area contributed by atoms with E-state index in [1.165, 1.54) is 18.3 Å². The van der Waals surface area contributed by atoms with E-state index in [4.69, 9.17) is 0 Å². The van der Waals surface area contributed by atoms with Gasteiger partial charge in [0.2, 0.25) is 0 Å². The number of phenols is 1. The third kappa shape index (κ3) is 1.44. The fourth-order valence-electron chi connectivity index (χ4n) is 1.30. The molecule has 0 bridgehead atoms. The van der Waals surface area contributed by atoms with Crippen molar-refractivity contribution in [3.05, 3.63) is 48.5 Å². The Morgan fingerprint density at radius 1 is 1.07 bits per heavy atom. The van der Waals surface area contributed by atoms with E-state index in [2.05, 4.69) is 4.98 Å². The molecule has 3 heteroatoms. The molecular weight excluding hydrogens is 181 g/mol. The Kier molecular flexibility index (Phi) is 2.14. The number of benzene rings is 1. The average Bonchev–Trinajstić information content (AvgIpc) is 2.20. The van der Waals surface area contributed by atoms with Gasteiger partial charge in [-0.1, -0.05) is 18.2 Å². The summed E-state index contributed by atoms with van der Waals surface area (Å²) in [5, 5.41) is 9.50. The summed E-state index contributed by atoms with van der Waals surface area (Å²) in [7, 11) is 0. The molecule has 0 amide bonds. The van der Waals surface area contributed by atoms with Crippen molar-refractivity contribution in [2.45, 2.75) is 0 Å². The Balaban J connectivity index is 2.61. The van der Waals surface area contributed by atoms with Crippen molar-refractivity contribution in [2.75, 3.05) is 0 Å². The van der Waals surface area contributed by atoms with Gasteiger partial charge in [0.1, 0.15) is 11.6 Å². The SMILES string of the molecule is Oc1ccccc1-c1ccncc1F. The minimum absolute atomic E-state index is 0.0672. The number of phenolic OH excluding ortho intramolecular Hbond substituents is 1. The highest BCUT2D eigenvalue weighted by molar-refractivity contribution is 5.69. The summed E-state index contributed by atoms with van der Waals surface area (Å²) in [5.74, 6) is -0.369. The second-order valence-corrected chi connectivity index (χ2v) is 2.87. The first-order chi connectivity index (χ1) is 6.79. The lowest BCUT2D eigenvalue weighted by atomic mass is 10.1. The summed E-state index contributed by atoms with van der Waals surface area (Å²) < 4.78 is 13.3. The number of hydrogen-bond acceptors (Lipinski definition) is 2. The largest absolute Gasteiger partial charge is 0.507 e. The highest BCUT2D eigenvalue weighted by Gasteiger charge is 2.07. The van der Waals surface area contributed by atoms with Crippen LogP contribution in [0, 0.1) is 5.82 Å². The molecule has 2 rings (SSSR count). The summed E-state index contributed by atoms with van der Waals surface area (Å²) in [6, 6.07) is 8.15. The molecule has 1 aromatic heterocycles. The molecule has 0 spiro atoms. The number of rotatable bonds is 1. The zero-order valence-corrected chi connectivity index (χ0v) is 7.31. The number of nitrogens with zero attached hydrogens (tertiary/aromatic N) is 1. The van der Waals surface area contributed by atoms with Gasteiger partial charge >= 0.3 is 0 Å². The number of aromatic hydroxyl groups is 1. The van der Waals surface area contributed by atoms with Gasteiger partial charge in [0.05, 0.1) is 6.20 Å². The van der Waals surface area contributed by atoms with E-state index in [0.717, 1.165) is 6.20 Å². The fraction of sp³-hybridized carbons (Fsp3) is 0. The quantitative estimate of drug-likeness (QED) is 0.747. The lowest BCUT2D eigenvalue weighted by Crippen LogP contribution is -1.85. The lowest BCUT2D eigenvalue weighted by molar-refractivity contribution is 0.476. The first kappa shape index (κ1) is 8.69. The van der Waals surface area contributed by atoms with Crippen LogP contribution in [0.25, 0.3) is 11.1 Å². The van der Waals surface area contributed by atoms with Crippen LogP contribution >= 0.6 is 0 Å². The highest BCUT2D eigenvalue weighted by Crippen LogP contribution is 2.29. The van der Waals surface area contributed by atoms with E-state index in [-0.39, 0.29) is 5.75 Å². The Hall–Kier alpha value is -1.90. The zero-order chi connectivity index (χ0) is 9.97. The molecule has 0 aliphatic heterocycles. The molecule has 0 radical (unpaired) electrons. The van der Waals surface area contributed by atoms with E-state index in [0.29, 0.717) is 11.1 Å². The van der Waals surface area contributed by atoms with Crippen LogP contribution in [-0.4, -0.2) is 10.1 Å². The van der Waals surface area contributed by atoms with Crippen LogP contribution in [0.4, 0.5) is 4.39 Å². The van der Waals surface area contributed by atoms with Gasteiger partial charge in [-0.2, -0.15) is 0 Å². The molecule has 0 atom stereocenters. The number of halogens is 1. The van der Waals surface area contributed by atoms with Gasteiger partial charge < -0.3 is 5.11 Å². The standard InChI is InChI=1S/C11H8FNO/c12-10-7-13-6-5-8(10)9-3-1-2-4-11(9)14/h1-7,14H. The minimum atomic E-state index is -0.436. The molecule has 1 aromatic carbocycles. The molecule has 2 aromatic rings. The predicted octanol–water partition coefficient (Wildman–Crippen LogP) is 2.59. The van der Waals surface area contributed by atoms with E-state index >= 15 is 0 Å². The third-order valence-electron chi connectivity index (χ3n) is 1.97. The number of pyridine rings is 1. The van der Waals surface area contributed by atoms with Crippen molar-refractivity contribution in [2.24, 2.45) is 0 Å². The molecule has 1 N–H and O–H groups in total. The van der Waals surface area contributed by atoms with Gasteiger partial charge in [-0.15, -0.1) is 0 Å². The average molecular weight is 189 g/mol. The van der Waals surface area contributed by atoms with E-state index in [1.807, 2.05) is 0 Å². The molecule has 0 fully saturated rings. The highest BCUT2D eigenvalue weighted by atomic mass is 19.1. The van der Waals surface area contributed by atoms with Crippen LogP contribution in [0.15, 0.2) is 42.7 Å². The topological polar surface area (TPSA) is 33.1 Å². The van der Waals surface area contributed by atoms with Crippen molar-refractivity contribution in [1.29, 1.82) is 0 Å². The van der Waals surface area contributed by atoms with Crippen LogP contribution in [0.2, 0.25) is 0 Å². The molecule has 0 unspecified atom stereocenters. The first-order valence-corrected chi connectivity index (χ1v) is 4.17. The van der Waals surface area contributed by atoms with Gasteiger partial charge in [0, 0.05) is 17.3 Å². The molecule has 0 saturated carbocycles. The van der Waals surface area contributed by atoms with Crippen LogP contribution in [0.5, 0.6) is 5.75 Å². The number of aromatic nitrogens is 1. The van der Waals surface area contributed by atoms with E-state index in [1.54, 1.807) is 18.2 Å². The third-order valence-corrected chi connectivity index (χ3v) is 1.97. The predicted molar refractivity (Wildman–Crippen MR) is 51.3 cm³/mol. The minimum Gasteiger partial charge on any atom is -0.507 e. The summed E-state index contributed by atoms with van der Waals surface area (Å²) in [5.41, 5.74) is 0.838. The summed E-state index contributed by atoms with van der Waals surface area (Å²) in [6.07, 6.45) is 2.62. The van der Waals surface area contributed by atoms with Crippen LogP contribution in [0.3, 0.4) is 0 Å². The molecule has 1 heterocycles. The van der Waals surface area contributed by atoms with Gasteiger partial charge in [-0.25, -0.2) is 4.39 Å². The molecular formula is C11H8FNO. The normalized spacial score (nSPS) is 10.1. The second kappa shape index (κ2) is 3.46. The van der Waals surface area contributed by atoms with Crippen molar-refractivity contribution >= 4 is 0 Å². The Bertz CT molecular complexity index is 413. The summed E-state index contributed by atoms with van der Waals surface area (Å²) >= 11 is 0. The van der Waals surface area contributed by atoms with Crippen LogP contribution < -0.4 is 0 Å².